The molecule has 24 heavy (non-hydrogen) atoms. The van der Waals surface area contributed by atoms with Gasteiger partial charge in [-0.1, -0.05) is 60.7 Å². The SMILES string of the molecule is Cc1ccsc1COCCNC(c1ccccc1)c1ccccc1. The van der Waals surface area contributed by atoms with Gasteiger partial charge in [-0.2, -0.15) is 0 Å². The van der Waals surface area contributed by atoms with Crippen molar-refractivity contribution in [1.82, 2.24) is 5.32 Å². The maximum atomic E-state index is 5.83. The Balaban J connectivity index is 1.56. The molecule has 0 radical (unpaired) electrons. The van der Waals surface area contributed by atoms with Crippen LogP contribution in [0.3, 0.4) is 0 Å². The van der Waals surface area contributed by atoms with E-state index in [-0.39, 0.29) is 6.04 Å². The van der Waals surface area contributed by atoms with Gasteiger partial charge in [-0.05, 0) is 35.1 Å². The first-order valence-electron chi connectivity index (χ1n) is 8.28. The normalized spacial score (nSPS) is 11.1. The van der Waals surface area contributed by atoms with E-state index in [1.807, 2.05) is 0 Å². The van der Waals surface area contributed by atoms with Crippen molar-refractivity contribution in [3.63, 3.8) is 0 Å². The van der Waals surface area contributed by atoms with Crippen LogP contribution in [0.1, 0.15) is 27.6 Å². The molecule has 3 heteroatoms. The standard InChI is InChI=1S/C21H23NOS/c1-17-12-15-24-20(17)16-23-14-13-22-21(18-8-4-2-5-9-18)19-10-6-3-7-11-19/h2-12,15,21-22H,13-14,16H2,1H3. The molecule has 0 aliphatic heterocycles. The van der Waals surface area contributed by atoms with Crippen LogP contribution in [-0.4, -0.2) is 13.2 Å². The third-order valence-corrected chi connectivity index (χ3v) is 5.06. The van der Waals surface area contributed by atoms with Gasteiger partial charge in [0.1, 0.15) is 0 Å². The van der Waals surface area contributed by atoms with Crippen molar-refractivity contribution in [2.24, 2.45) is 0 Å². The van der Waals surface area contributed by atoms with Crippen molar-refractivity contribution in [3.05, 3.63) is 93.7 Å². The fourth-order valence-electron chi connectivity index (χ4n) is 2.71. The van der Waals surface area contributed by atoms with Gasteiger partial charge < -0.3 is 10.1 Å². The lowest BCUT2D eigenvalue weighted by Gasteiger charge is -2.20. The van der Waals surface area contributed by atoms with Crippen molar-refractivity contribution >= 4 is 11.3 Å². The zero-order chi connectivity index (χ0) is 16.6. The summed E-state index contributed by atoms with van der Waals surface area (Å²) in [4.78, 5) is 1.32. The minimum atomic E-state index is 0.194. The van der Waals surface area contributed by atoms with E-state index in [2.05, 4.69) is 84.4 Å². The molecule has 0 fully saturated rings. The minimum absolute atomic E-state index is 0.194. The van der Waals surface area contributed by atoms with Gasteiger partial charge in [0.05, 0.1) is 19.3 Å². The molecule has 0 amide bonds. The summed E-state index contributed by atoms with van der Waals surface area (Å²) in [6.07, 6.45) is 0. The minimum Gasteiger partial charge on any atom is -0.375 e. The summed E-state index contributed by atoms with van der Waals surface area (Å²) in [6, 6.07) is 23.5. The van der Waals surface area contributed by atoms with Gasteiger partial charge in [-0.25, -0.2) is 0 Å². The van der Waals surface area contributed by atoms with E-state index >= 15 is 0 Å². The molecule has 2 aromatic carbocycles. The van der Waals surface area contributed by atoms with E-state index < -0.39 is 0 Å². The summed E-state index contributed by atoms with van der Waals surface area (Å²) in [6.45, 7) is 4.35. The van der Waals surface area contributed by atoms with Gasteiger partial charge in [0.25, 0.3) is 0 Å². The molecule has 1 heterocycles. The largest absolute Gasteiger partial charge is 0.375 e. The van der Waals surface area contributed by atoms with Crippen LogP contribution in [0.4, 0.5) is 0 Å². The van der Waals surface area contributed by atoms with Crippen molar-refractivity contribution < 1.29 is 4.74 Å². The lowest BCUT2D eigenvalue weighted by atomic mass is 9.99. The van der Waals surface area contributed by atoms with Gasteiger partial charge in [-0.3, -0.25) is 0 Å². The molecule has 0 spiro atoms. The summed E-state index contributed by atoms with van der Waals surface area (Å²) >= 11 is 1.76. The van der Waals surface area contributed by atoms with Gasteiger partial charge >= 0.3 is 0 Å². The molecule has 0 saturated heterocycles. The van der Waals surface area contributed by atoms with Crippen LogP contribution >= 0.6 is 11.3 Å². The van der Waals surface area contributed by atoms with Gasteiger partial charge in [0.15, 0.2) is 0 Å². The fraction of sp³-hybridized carbons (Fsp3) is 0.238. The zero-order valence-electron chi connectivity index (χ0n) is 13.9. The Kier molecular flexibility index (Phi) is 6.19. The van der Waals surface area contributed by atoms with Crippen LogP contribution in [-0.2, 0) is 11.3 Å². The Labute approximate surface area is 148 Å². The Morgan fingerprint density at radius 2 is 1.54 bits per heavy atom. The van der Waals surface area contributed by atoms with E-state index in [9.17, 15) is 0 Å². The molecule has 0 saturated carbocycles. The van der Waals surface area contributed by atoms with Crippen LogP contribution in [0.5, 0.6) is 0 Å². The molecule has 0 aliphatic rings. The van der Waals surface area contributed by atoms with Gasteiger partial charge in [0.2, 0.25) is 0 Å². The fourth-order valence-corrected chi connectivity index (χ4v) is 3.55. The summed E-state index contributed by atoms with van der Waals surface area (Å²) < 4.78 is 5.83. The summed E-state index contributed by atoms with van der Waals surface area (Å²) in [5.41, 5.74) is 3.87. The summed E-state index contributed by atoms with van der Waals surface area (Å²) in [5, 5.41) is 5.74. The van der Waals surface area contributed by atoms with Crippen LogP contribution in [0.2, 0.25) is 0 Å². The molecule has 3 rings (SSSR count). The number of hydrogen-bond acceptors (Lipinski definition) is 3. The zero-order valence-corrected chi connectivity index (χ0v) is 14.8. The number of hydrogen-bond donors (Lipinski definition) is 1. The monoisotopic (exact) mass is 337 g/mol. The van der Waals surface area contributed by atoms with Crippen molar-refractivity contribution in [2.45, 2.75) is 19.6 Å². The van der Waals surface area contributed by atoms with Crippen molar-refractivity contribution in [1.29, 1.82) is 0 Å². The maximum absolute atomic E-state index is 5.83. The second-order valence-electron chi connectivity index (χ2n) is 5.79. The summed E-state index contributed by atoms with van der Waals surface area (Å²) in [7, 11) is 0. The Hall–Kier alpha value is -1.94. The highest BCUT2D eigenvalue weighted by molar-refractivity contribution is 7.10. The van der Waals surface area contributed by atoms with E-state index in [4.69, 9.17) is 4.74 Å². The first-order valence-corrected chi connectivity index (χ1v) is 9.16. The number of ether oxygens (including phenoxy) is 1. The van der Waals surface area contributed by atoms with Crippen LogP contribution in [0.25, 0.3) is 0 Å². The molecule has 0 aliphatic carbocycles. The Morgan fingerprint density at radius 3 is 2.08 bits per heavy atom. The molecule has 124 valence electrons. The Bertz CT molecular complexity index is 684. The number of rotatable bonds is 8. The predicted molar refractivity (Wildman–Crippen MR) is 101 cm³/mol. The average Bonchev–Trinajstić information content (AvgIpc) is 3.04. The average molecular weight is 337 g/mol. The molecule has 1 N–H and O–H groups in total. The molecule has 2 nitrogen and oxygen atoms in total. The highest BCUT2D eigenvalue weighted by Gasteiger charge is 2.12. The lowest BCUT2D eigenvalue weighted by Crippen LogP contribution is -2.26. The first-order chi connectivity index (χ1) is 11.8. The molecule has 0 bridgehead atoms. The molecule has 0 atom stereocenters. The number of aryl methyl sites for hydroxylation is 1. The van der Waals surface area contributed by atoms with E-state index in [0.29, 0.717) is 13.2 Å². The Morgan fingerprint density at radius 1 is 0.917 bits per heavy atom. The molecule has 3 aromatic rings. The van der Waals surface area contributed by atoms with Crippen LogP contribution < -0.4 is 5.32 Å². The predicted octanol–water partition coefficient (Wildman–Crippen LogP) is 4.95. The van der Waals surface area contributed by atoms with Crippen molar-refractivity contribution in [3.8, 4) is 0 Å². The third kappa shape index (κ3) is 4.54. The lowest BCUT2D eigenvalue weighted by molar-refractivity contribution is 0.123. The first kappa shape index (κ1) is 16.9. The second-order valence-corrected chi connectivity index (χ2v) is 6.79. The molecule has 0 unspecified atom stereocenters. The quantitative estimate of drug-likeness (QED) is 0.587. The van der Waals surface area contributed by atoms with Crippen LogP contribution in [0, 0.1) is 6.92 Å². The van der Waals surface area contributed by atoms with Gasteiger partial charge in [0, 0.05) is 11.4 Å². The topological polar surface area (TPSA) is 21.3 Å². The molecular formula is C21H23NOS. The summed E-state index contributed by atoms with van der Waals surface area (Å²) in [5.74, 6) is 0. The molecule has 1 aromatic heterocycles. The smallest absolute Gasteiger partial charge is 0.0812 e. The van der Waals surface area contributed by atoms with Crippen LogP contribution in [0.15, 0.2) is 72.1 Å². The van der Waals surface area contributed by atoms with E-state index in [1.165, 1.54) is 21.6 Å². The van der Waals surface area contributed by atoms with E-state index in [0.717, 1.165) is 6.54 Å². The second kappa shape index (κ2) is 8.78. The number of benzene rings is 2. The molecular weight excluding hydrogens is 314 g/mol. The maximum Gasteiger partial charge on any atom is 0.0812 e. The number of nitrogens with one attached hydrogen (secondary N) is 1. The number of thiophene rings is 1. The highest BCUT2D eigenvalue weighted by Crippen LogP contribution is 2.21. The van der Waals surface area contributed by atoms with E-state index in [1.54, 1.807) is 11.3 Å². The van der Waals surface area contributed by atoms with Gasteiger partial charge in [-0.15, -0.1) is 11.3 Å². The third-order valence-electron chi connectivity index (χ3n) is 4.06. The van der Waals surface area contributed by atoms with Crippen molar-refractivity contribution in [2.75, 3.05) is 13.2 Å². The highest BCUT2D eigenvalue weighted by atomic mass is 32.1.